The molecule has 0 spiro atoms. The quantitative estimate of drug-likeness (QED) is 0.664. The molecule has 2 aromatic rings. The molecule has 2 aromatic carbocycles. The summed E-state index contributed by atoms with van der Waals surface area (Å²) in [5.41, 5.74) is 3.53. The van der Waals surface area contributed by atoms with Crippen LogP contribution in [0.5, 0.6) is 0 Å². The molecule has 1 N–H and O–H groups in total. The molecule has 1 aliphatic rings. The number of aliphatic imine (C=N–C) groups is 1. The van der Waals surface area contributed by atoms with E-state index in [0.717, 1.165) is 31.9 Å². The third-order valence-electron chi connectivity index (χ3n) is 4.71. The normalized spacial score (nSPS) is 14.6. The minimum atomic E-state index is -0.372. The van der Waals surface area contributed by atoms with Crippen LogP contribution in [0, 0.1) is 17.1 Å². The van der Waals surface area contributed by atoms with E-state index in [1.165, 1.54) is 17.2 Å². The Bertz CT molecular complexity index is 871. The number of benzene rings is 2. The SMILES string of the molecule is CN=C(NCc1ccc(C#N)cc1F)N1CCC(=Cc2ccccc2)CC1. The molecular formula is C22H23FN4. The summed E-state index contributed by atoms with van der Waals surface area (Å²) in [7, 11) is 1.74. The third kappa shape index (κ3) is 4.95. The summed E-state index contributed by atoms with van der Waals surface area (Å²) in [6.45, 7) is 2.11. The number of likely N-dealkylation sites (tertiary alicyclic amines) is 1. The first-order valence-corrected chi connectivity index (χ1v) is 9.08. The van der Waals surface area contributed by atoms with Crippen LogP contribution >= 0.6 is 0 Å². The lowest BCUT2D eigenvalue weighted by molar-refractivity contribution is 0.375. The van der Waals surface area contributed by atoms with Gasteiger partial charge in [0.1, 0.15) is 5.82 Å². The van der Waals surface area contributed by atoms with Crippen molar-refractivity contribution >= 4 is 12.0 Å². The van der Waals surface area contributed by atoms with Gasteiger partial charge in [0, 0.05) is 32.2 Å². The van der Waals surface area contributed by atoms with Crippen LogP contribution in [-0.2, 0) is 6.54 Å². The van der Waals surface area contributed by atoms with Gasteiger partial charge in [0.2, 0.25) is 0 Å². The maximum Gasteiger partial charge on any atom is 0.193 e. The van der Waals surface area contributed by atoms with Crippen molar-refractivity contribution in [3.8, 4) is 6.07 Å². The molecule has 1 saturated heterocycles. The molecule has 4 nitrogen and oxygen atoms in total. The Labute approximate surface area is 159 Å². The number of nitrogens with zero attached hydrogens (tertiary/aromatic N) is 3. The number of piperidine rings is 1. The van der Waals surface area contributed by atoms with Crippen LogP contribution < -0.4 is 5.32 Å². The van der Waals surface area contributed by atoms with Crippen LogP contribution in [0.2, 0.25) is 0 Å². The number of guanidine groups is 1. The smallest absolute Gasteiger partial charge is 0.193 e. The Morgan fingerprint density at radius 2 is 1.96 bits per heavy atom. The number of nitriles is 1. The minimum absolute atomic E-state index is 0.328. The zero-order valence-electron chi connectivity index (χ0n) is 15.5. The van der Waals surface area contributed by atoms with Crippen molar-refractivity contribution in [2.45, 2.75) is 19.4 Å². The van der Waals surface area contributed by atoms with Gasteiger partial charge in [-0.1, -0.05) is 48.0 Å². The van der Waals surface area contributed by atoms with E-state index in [0.29, 0.717) is 17.7 Å². The monoisotopic (exact) mass is 362 g/mol. The van der Waals surface area contributed by atoms with Crippen LogP contribution in [0.25, 0.3) is 6.08 Å². The number of hydrogen-bond donors (Lipinski definition) is 1. The van der Waals surface area contributed by atoms with Crippen LogP contribution in [-0.4, -0.2) is 31.0 Å². The van der Waals surface area contributed by atoms with E-state index in [1.54, 1.807) is 19.2 Å². The van der Waals surface area contributed by atoms with E-state index >= 15 is 0 Å². The van der Waals surface area contributed by atoms with Crippen LogP contribution in [0.1, 0.15) is 29.5 Å². The maximum atomic E-state index is 14.0. The summed E-state index contributed by atoms with van der Waals surface area (Å²) in [6.07, 6.45) is 4.24. The highest BCUT2D eigenvalue weighted by molar-refractivity contribution is 5.80. The topological polar surface area (TPSA) is 51.4 Å². The predicted molar refractivity (Wildman–Crippen MR) is 107 cm³/mol. The fraction of sp³-hybridized carbons (Fsp3) is 0.273. The molecule has 0 bridgehead atoms. The van der Waals surface area contributed by atoms with Gasteiger partial charge in [0.05, 0.1) is 11.6 Å². The van der Waals surface area contributed by atoms with Gasteiger partial charge in [-0.05, 0) is 30.5 Å². The number of hydrogen-bond acceptors (Lipinski definition) is 2. The van der Waals surface area contributed by atoms with Gasteiger partial charge >= 0.3 is 0 Å². The fourth-order valence-electron chi connectivity index (χ4n) is 3.20. The Hall–Kier alpha value is -3.13. The Morgan fingerprint density at radius 3 is 2.59 bits per heavy atom. The van der Waals surface area contributed by atoms with E-state index in [2.05, 4.69) is 45.6 Å². The zero-order chi connectivity index (χ0) is 19.1. The molecule has 0 aliphatic carbocycles. The Kier molecular flexibility index (Phi) is 6.22. The molecule has 27 heavy (non-hydrogen) atoms. The van der Waals surface area contributed by atoms with Gasteiger partial charge in [-0.3, -0.25) is 4.99 Å². The standard InChI is InChI=1S/C22H23FN4/c1-25-22(26-16-20-8-7-19(15-24)14-21(20)23)27-11-9-18(10-12-27)13-17-5-3-2-4-6-17/h2-8,13-14H,9-12,16H2,1H3,(H,25,26). The van der Waals surface area contributed by atoms with Crippen molar-refractivity contribution < 1.29 is 4.39 Å². The predicted octanol–water partition coefficient (Wildman–Crippen LogP) is 3.95. The molecule has 1 aliphatic heterocycles. The average Bonchev–Trinajstić information content (AvgIpc) is 2.71. The summed E-state index contributed by atoms with van der Waals surface area (Å²) >= 11 is 0. The van der Waals surface area contributed by atoms with E-state index in [9.17, 15) is 4.39 Å². The molecule has 0 atom stereocenters. The molecule has 1 heterocycles. The summed E-state index contributed by atoms with van der Waals surface area (Å²) in [5.74, 6) is 0.404. The van der Waals surface area contributed by atoms with Crippen molar-refractivity contribution in [1.29, 1.82) is 5.26 Å². The summed E-state index contributed by atoms with van der Waals surface area (Å²) in [6, 6.07) is 16.8. The van der Waals surface area contributed by atoms with Gasteiger partial charge in [-0.2, -0.15) is 5.26 Å². The minimum Gasteiger partial charge on any atom is -0.352 e. The second-order valence-corrected chi connectivity index (χ2v) is 6.52. The van der Waals surface area contributed by atoms with Crippen molar-refractivity contribution in [2.24, 2.45) is 4.99 Å². The van der Waals surface area contributed by atoms with E-state index in [4.69, 9.17) is 5.26 Å². The molecule has 0 saturated carbocycles. The lowest BCUT2D eigenvalue weighted by atomic mass is 10.0. The number of nitrogens with one attached hydrogen (secondary N) is 1. The van der Waals surface area contributed by atoms with Crippen molar-refractivity contribution in [1.82, 2.24) is 10.2 Å². The lowest BCUT2D eigenvalue weighted by Gasteiger charge is -2.31. The van der Waals surface area contributed by atoms with Crippen molar-refractivity contribution in [3.63, 3.8) is 0 Å². The Balaban J connectivity index is 1.57. The third-order valence-corrected chi connectivity index (χ3v) is 4.71. The second-order valence-electron chi connectivity index (χ2n) is 6.52. The summed E-state index contributed by atoms with van der Waals surface area (Å²) in [5, 5.41) is 12.1. The number of halogens is 1. The van der Waals surface area contributed by atoms with Gasteiger partial charge in [-0.15, -0.1) is 0 Å². The maximum absolute atomic E-state index is 14.0. The molecule has 1 fully saturated rings. The van der Waals surface area contributed by atoms with Gasteiger partial charge in [0.25, 0.3) is 0 Å². The van der Waals surface area contributed by atoms with Crippen LogP contribution in [0.15, 0.2) is 59.1 Å². The van der Waals surface area contributed by atoms with Gasteiger partial charge < -0.3 is 10.2 Å². The average molecular weight is 362 g/mol. The fourth-order valence-corrected chi connectivity index (χ4v) is 3.20. The van der Waals surface area contributed by atoms with Gasteiger partial charge in [0.15, 0.2) is 5.96 Å². The zero-order valence-corrected chi connectivity index (χ0v) is 15.5. The molecule has 0 amide bonds. The van der Waals surface area contributed by atoms with E-state index < -0.39 is 0 Å². The van der Waals surface area contributed by atoms with Crippen molar-refractivity contribution in [3.05, 3.63) is 76.6 Å². The molecule has 0 aromatic heterocycles. The molecule has 138 valence electrons. The van der Waals surface area contributed by atoms with Crippen LogP contribution in [0.3, 0.4) is 0 Å². The molecule has 3 rings (SSSR count). The highest BCUT2D eigenvalue weighted by Crippen LogP contribution is 2.19. The summed E-state index contributed by atoms with van der Waals surface area (Å²) < 4.78 is 14.0. The van der Waals surface area contributed by atoms with Gasteiger partial charge in [-0.25, -0.2) is 4.39 Å². The molecule has 0 unspecified atom stereocenters. The molecule has 5 heteroatoms. The Morgan fingerprint density at radius 1 is 1.22 bits per heavy atom. The first-order valence-electron chi connectivity index (χ1n) is 9.08. The first kappa shape index (κ1) is 18.7. The largest absolute Gasteiger partial charge is 0.352 e. The number of rotatable bonds is 3. The highest BCUT2D eigenvalue weighted by atomic mass is 19.1. The highest BCUT2D eigenvalue weighted by Gasteiger charge is 2.17. The van der Waals surface area contributed by atoms with E-state index in [1.807, 2.05) is 12.1 Å². The lowest BCUT2D eigenvalue weighted by Crippen LogP contribution is -2.44. The van der Waals surface area contributed by atoms with Crippen LogP contribution in [0.4, 0.5) is 4.39 Å². The molecule has 0 radical (unpaired) electrons. The first-order chi connectivity index (χ1) is 13.2. The summed E-state index contributed by atoms with van der Waals surface area (Å²) in [4.78, 5) is 6.53. The molecular weight excluding hydrogens is 339 g/mol. The second kappa shape index (κ2) is 9.00. The van der Waals surface area contributed by atoms with E-state index in [-0.39, 0.29) is 5.82 Å². The van der Waals surface area contributed by atoms with Crippen molar-refractivity contribution in [2.75, 3.05) is 20.1 Å².